The van der Waals surface area contributed by atoms with Crippen molar-refractivity contribution in [3.8, 4) is 0 Å². The lowest BCUT2D eigenvalue weighted by molar-refractivity contribution is -0.139. The molecule has 2 rings (SSSR count). The standard InChI is InChI=1S/C17H10Br3F3O2/c18-11-6-10(7-12(19)8-11)14(17(21,22)23)4-2-9-1-3-13(16(24)25)15(20)5-9/h1-8,14H,(H,24,25)/b4-2+. The summed E-state index contributed by atoms with van der Waals surface area (Å²) in [7, 11) is 0. The van der Waals surface area contributed by atoms with E-state index in [4.69, 9.17) is 5.11 Å². The summed E-state index contributed by atoms with van der Waals surface area (Å²) < 4.78 is 41.7. The Morgan fingerprint density at radius 3 is 2.12 bits per heavy atom. The Hall–Kier alpha value is -1.12. The van der Waals surface area contributed by atoms with Gasteiger partial charge < -0.3 is 5.11 Å². The highest BCUT2D eigenvalue weighted by Gasteiger charge is 2.39. The van der Waals surface area contributed by atoms with Crippen LogP contribution in [-0.4, -0.2) is 17.3 Å². The zero-order valence-corrected chi connectivity index (χ0v) is 17.1. The van der Waals surface area contributed by atoms with Crippen molar-refractivity contribution in [2.75, 3.05) is 0 Å². The quantitative estimate of drug-likeness (QED) is 0.450. The highest BCUT2D eigenvalue weighted by Crippen LogP contribution is 2.38. The second-order valence-corrected chi connectivity index (χ2v) is 7.81. The van der Waals surface area contributed by atoms with Crippen LogP contribution < -0.4 is 0 Å². The molecule has 2 nitrogen and oxygen atoms in total. The van der Waals surface area contributed by atoms with E-state index < -0.39 is 18.1 Å². The molecule has 1 unspecified atom stereocenters. The topological polar surface area (TPSA) is 37.3 Å². The number of hydrogen-bond acceptors (Lipinski definition) is 1. The molecule has 0 aliphatic heterocycles. The average molecular weight is 543 g/mol. The number of halogens is 6. The van der Waals surface area contributed by atoms with Crippen molar-refractivity contribution in [2.45, 2.75) is 12.1 Å². The van der Waals surface area contributed by atoms with Gasteiger partial charge in [-0.05, 0) is 57.4 Å². The van der Waals surface area contributed by atoms with E-state index in [1.54, 1.807) is 6.07 Å². The Labute approximate surface area is 167 Å². The van der Waals surface area contributed by atoms with Crippen LogP contribution in [0.2, 0.25) is 0 Å². The predicted octanol–water partition coefficient (Wildman–Crippen LogP) is 7.03. The van der Waals surface area contributed by atoms with Gasteiger partial charge in [-0.2, -0.15) is 13.2 Å². The van der Waals surface area contributed by atoms with Crippen molar-refractivity contribution in [3.63, 3.8) is 0 Å². The van der Waals surface area contributed by atoms with E-state index in [-0.39, 0.29) is 11.1 Å². The first-order chi connectivity index (χ1) is 11.6. The van der Waals surface area contributed by atoms with E-state index in [2.05, 4.69) is 47.8 Å². The monoisotopic (exact) mass is 540 g/mol. The lowest BCUT2D eigenvalue weighted by Gasteiger charge is -2.18. The van der Waals surface area contributed by atoms with E-state index in [0.29, 0.717) is 19.0 Å². The summed E-state index contributed by atoms with van der Waals surface area (Å²) >= 11 is 9.49. The third-order valence-corrected chi connectivity index (χ3v) is 4.87. The van der Waals surface area contributed by atoms with E-state index >= 15 is 0 Å². The highest BCUT2D eigenvalue weighted by atomic mass is 79.9. The fourth-order valence-corrected chi connectivity index (χ4v) is 4.07. The highest BCUT2D eigenvalue weighted by molar-refractivity contribution is 9.11. The molecule has 0 saturated carbocycles. The van der Waals surface area contributed by atoms with Gasteiger partial charge in [-0.15, -0.1) is 0 Å². The first kappa shape index (κ1) is 20.2. The van der Waals surface area contributed by atoms with Gasteiger partial charge in [0, 0.05) is 13.4 Å². The molecule has 1 N–H and O–H groups in total. The van der Waals surface area contributed by atoms with E-state index in [9.17, 15) is 18.0 Å². The summed E-state index contributed by atoms with van der Waals surface area (Å²) in [5, 5.41) is 8.98. The summed E-state index contributed by atoms with van der Waals surface area (Å²) in [4.78, 5) is 11.0. The predicted molar refractivity (Wildman–Crippen MR) is 101 cm³/mol. The second kappa shape index (κ2) is 8.05. The molecule has 25 heavy (non-hydrogen) atoms. The number of alkyl halides is 3. The van der Waals surface area contributed by atoms with Crippen LogP contribution in [0.25, 0.3) is 6.08 Å². The summed E-state index contributed by atoms with van der Waals surface area (Å²) in [6.07, 6.45) is -2.09. The average Bonchev–Trinajstić information content (AvgIpc) is 2.44. The normalized spacial score (nSPS) is 13.2. The molecule has 0 fully saturated rings. The Morgan fingerprint density at radius 1 is 1.04 bits per heavy atom. The minimum Gasteiger partial charge on any atom is -0.478 e. The van der Waals surface area contributed by atoms with Gasteiger partial charge in [-0.3, -0.25) is 0 Å². The minimum atomic E-state index is -4.46. The maximum Gasteiger partial charge on any atom is 0.399 e. The molecule has 2 aromatic rings. The molecule has 0 amide bonds. The number of hydrogen-bond donors (Lipinski definition) is 1. The van der Waals surface area contributed by atoms with Gasteiger partial charge in [0.15, 0.2) is 0 Å². The first-order valence-corrected chi connectivity index (χ1v) is 9.19. The van der Waals surface area contributed by atoms with Crippen LogP contribution in [0.3, 0.4) is 0 Å². The van der Waals surface area contributed by atoms with Crippen molar-refractivity contribution in [2.24, 2.45) is 0 Å². The molecule has 0 bridgehead atoms. The molecule has 132 valence electrons. The molecular formula is C17H10Br3F3O2. The number of benzene rings is 2. The SMILES string of the molecule is O=C(O)c1ccc(/C=C/C(c2cc(Br)cc(Br)c2)C(F)(F)F)cc1Br. The Balaban J connectivity index is 2.39. The van der Waals surface area contributed by atoms with Gasteiger partial charge in [-0.1, -0.05) is 50.1 Å². The molecule has 0 aromatic heterocycles. The Bertz CT molecular complexity index is 812. The largest absolute Gasteiger partial charge is 0.478 e. The number of allylic oxidation sites excluding steroid dienone is 1. The summed E-state index contributed by atoms with van der Waals surface area (Å²) in [6.45, 7) is 0. The third kappa shape index (κ3) is 5.43. The Kier molecular flexibility index (Phi) is 6.51. The molecule has 0 saturated heterocycles. The zero-order valence-electron chi connectivity index (χ0n) is 12.3. The lowest BCUT2D eigenvalue weighted by atomic mass is 9.97. The second-order valence-electron chi connectivity index (χ2n) is 5.13. The molecule has 0 spiro atoms. The molecule has 0 heterocycles. The number of carboxylic acid groups (broad SMARTS) is 1. The molecule has 0 aliphatic carbocycles. The van der Waals surface area contributed by atoms with Crippen LogP contribution in [0.1, 0.15) is 27.4 Å². The van der Waals surface area contributed by atoms with Gasteiger partial charge in [0.1, 0.15) is 0 Å². The van der Waals surface area contributed by atoms with Gasteiger partial charge in [0.25, 0.3) is 0 Å². The fourth-order valence-electron chi connectivity index (χ4n) is 2.18. The minimum absolute atomic E-state index is 0.0421. The molecule has 1 atom stereocenters. The lowest BCUT2D eigenvalue weighted by Crippen LogP contribution is -2.18. The van der Waals surface area contributed by atoms with Crippen LogP contribution in [0.4, 0.5) is 13.2 Å². The first-order valence-electron chi connectivity index (χ1n) is 6.81. The van der Waals surface area contributed by atoms with E-state index in [0.717, 1.165) is 6.08 Å². The summed E-state index contributed by atoms with van der Waals surface area (Å²) in [6, 6.07) is 8.74. The van der Waals surface area contributed by atoms with E-state index in [1.165, 1.54) is 36.4 Å². The summed E-state index contributed by atoms with van der Waals surface area (Å²) in [5.74, 6) is -2.91. The number of carboxylic acids is 1. The number of carbonyl (C=O) groups is 1. The third-order valence-electron chi connectivity index (χ3n) is 3.30. The van der Waals surface area contributed by atoms with Gasteiger partial charge in [-0.25, -0.2) is 4.79 Å². The van der Waals surface area contributed by atoms with Crippen LogP contribution in [-0.2, 0) is 0 Å². The molecule has 8 heteroatoms. The van der Waals surface area contributed by atoms with Crippen molar-refractivity contribution >= 4 is 59.8 Å². The van der Waals surface area contributed by atoms with Crippen molar-refractivity contribution in [1.29, 1.82) is 0 Å². The molecule has 2 aromatic carbocycles. The number of rotatable bonds is 4. The maximum absolute atomic E-state index is 13.5. The van der Waals surface area contributed by atoms with Crippen LogP contribution in [0, 0.1) is 0 Å². The summed E-state index contributed by atoms with van der Waals surface area (Å²) in [5.41, 5.74) is 0.590. The fraction of sp³-hybridized carbons (Fsp3) is 0.118. The van der Waals surface area contributed by atoms with Gasteiger partial charge in [0.05, 0.1) is 11.5 Å². The smallest absolute Gasteiger partial charge is 0.399 e. The van der Waals surface area contributed by atoms with Gasteiger partial charge >= 0.3 is 12.1 Å². The van der Waals surface area contributed by atoms with Crippen LogP contribution in [0.5, 0.6) is 0 Å². The number of aromatic carboxylic acids is 1. The van der Waals surface area contributed by atoms with Crippen molar-refractivity contribution in [3.05, 3.63) is 72.6 Å². The zero-order chi connectivity index (χ0) is 18.8. The van der Waals surface area contributed by atoms with Gasteiger partial charge in [0.2, 0.25) is 0 Å². The molecule has 0 radical (unpaired) electrons. The molecular weight excluding hydrogens is 533 g/mol. The van der Waals surface area contributed by atoms with Crippen LogP contribution >= 0.6 is 47.8 Å². The molecule has 0 aliphatic rings. The van der Waals surface area contributed by atoms with Crippen LogP contribution in [0.15, 0.2) is 55.9 Å². The van der Waals surface area contributed by atoms with Crippen molar-refractivity contribution < 1.29 is 23.1 Å². The Morgan fingerprint density at radius 2 is 1.64 bits per heavy atom. The van der Waals surface area contributed by atoms with E-state index in [1.807, 2.05) is 0 Å². The van der Waals surface area contributed by atoms with Crippen molar-refractivity contribution in [1.82, 2.24) is 0 Å². The maximum atomic E-state index is 13.5.